The van der Waals surface area contributed by atoms with Gasteiger partial charge in [0.1, 0.15) is 18.3 Å². The van der Waals surface area contributed by atoms with Crippen molar-refractivity contribution < 1.29 is 58.6 Å². The van der Waals surface area contributed by atoms with Crippen molar-refractivity contribution in [3.63, 3.8) is 0 Å². The summed E-state index contributed by atoms with van der Waals surface area (Å²) >= 11 is 0. The van der Waals surface area contributed by atoms with Crippen molar-refractivity contribution in [2.24, 2.45) is 17.8 Å². The molecule has 4 N–H and O–H groups in total. The van der Waals surface area contributed by atoms with Crippen LogP contribution in [-0.2, 0) is 44.5 Å². The first-order valence-corrected chi connectivity index (χ1v) is 15.6. The Bertz CT molecular complexity index is 1290. The van der Waals surface area contributed by atoms with E-state index in [-0.39, 0.29) is 24.7 Å². The smallest absolute Gasteiger partial charge is 0.343 e. The molecule has 12 heteroatoms. The van der Waals surface area contributed by atoms with E-state index in [0.29, 0.717) is 17.9 Å². The largest absolute Gasteiger partial charge is 0.479 e. The van der Waals surface area contributed by atoms with Gasteiger partial charge >= 0.3 is 23.9 Å². The molecule has 1 aromatic carbocycles. The highest BCUT2D eigenvalue weighted by Gasteiger charge is 2.77. The lowest BCUT2D eigenvalue weighted by atomic mass is 9.86. The Hall–Kier alpha value is -3.58. The fraction of sp³-hybridized carbons (Fsp3) is 0.588. The molecular weight excluding hydrogens is 600 g/mol. The van der Waals surface area contributed by atoms with Crippen LogP contribution in [0.3, 0.4) is 0 Å². The highest BCUT2D eigenvalue weighted by atomic mass is 16.8. The quantitative estimate of drug-likeness (QED) is 0.117. The fourth-order valence-corrected chi connectivity index (χ4v) is 6.22. The molecule has 0 saturated carbocycles. The Morgan fingerprint density at radius 3 is 2.28 bits per heavy atom. The van der Waals surface area contributed by atoms with Crippen LogP contribution < -0.4 is 0 Å². The number of allylic oxidation sites excluding steroid dienone is 1. The number of carbonyl (C=O) groups excluding carboxylic acids is 2. The molecular formula is C34H46O12. The van der Waals surface area contributed by atoms with Crippen molar-refractivity contribution in [3.8, 4) is 0 Å². The van der Waals surface area contributed by atoms with Gasteiger partial charge in [0, 0.05) is 25.3 Å². The zero-order valence-corrected chi connectivity index (χ0v) is 27.0. The molecule has 12 nitrogen and oxygen atoms in total. The lowest BCUT2D eigenvalue weighted by Crippen LogP contribution is -2.67. The van der Waals surface area contributed by atoms with Gasteiger partial charge in [-0.1, -0.05) is 77.1 Å². The number of aliphatic hydroxyl groups is 2. The highest BCUT2D eigenvalue weighted by Crippen LogP contribution is 2.51. The molecule has 0 radical (unpaired) electrons. The van der Waals surface area contributed by atoms with Gasteiger partial charge in [-0.05, 0) is 42.2 Å². The summed E-state index contributed by atoms with van der Waals surface area (Å²) in [6.45, 7) is 13.2. The molecule has 0 aromatic heterocycles. The van der Waals surface area contributed by atoms with Crippen molar-refractivity contribution in [2.75, 3.05) is 0 Å². The van der Waals surface area contributed by atoms with Crippen LogP contribution in [0.15, 0.2) is 54.6 Å². The third-order valence-electron chi connectivity index (χ3n) is 8.81. The van der Waals surface area contributed by atoms with Crippen molar-refractivity contribution in [2.45, 2.75) is 109 Å². The third-order valence-corrected chi connectivity index (χ3v) is 8.81. The molecule has 10 atom stereocenters. The number of carbonyl (C=O) groups is 4. The Kier molecular flexibility index (Phi) is 12.3. The Labute approximate surface area is 269 Å². The van der Waals surface area contributed by atoms with Crippen molar-refractivity contribution in [1.82, 2.24) is 0 Å². The van der Waals surface area contributed by atoms with E-state index in [1.54, 1.807) is 6.08 Å². The Balaban J connectivity index is 1.90. The van der Waals surface area contributed by atoms with E-state index < -0.39 is 65.8 Å². The minimum Gasteiger partial charge on any atom is -0.479 e. The number of carboxylic acid groups (broad SMARTS) is 2. The zero-order chi connectivity index (χ0) is 34.4. The third kappa shape index (κ3) is 8.03. The number of esters is 2. The first-order chi connectivity index (χ1) is 21.6. The van der Waals surface area contributed by atoms with E-state index in [9.17, 15) is 39.6 Å². The molecule has 0 spiro atoms. The lowest BCUT2D eigenvalue weighted by Gasteiger charge is -2.44. The topological polar surface area (TPSA) is 186 Å². The molecule has 254 valence electrons. The van der Waals surface area contributed by atoms with E-state index in [1.165, 1.54) is 6.92 Å². The average Bonchev–Trinajstić information content (AvgIpc) is 3.20. The second-order valence-corrected chi connectivity index (χ2v) is 12.6. The van der Waals surface area contributed by atoms with Crippen molar-refractivity contribution >= 4 is 23.9 Å². The number of carboxylic acids is 2. The Morgan fingerprint density at radius 2 is 1.72 bits per heavy atom. The molecule has 1 aromatic rings. The highest BCUT2D eigenvalue weighted by molar-refractivity contribution is 5.86. The summed E-state index contributed by atoms with van der Waals surface area (Å²) in [6, 6.07) is 9.48. The monoisotopic (exact) mass is 646 g/mol. The molecule has 2 aliphatic heterocycles. The van der Waals surface area contributed by atoms with Gasteiger partial charge in [0.25, 0.3) is 0 Å². The second kappa shape index (κ2) is 15.3. The number of benzene rings is 1. The predicted molar refractivity (Wildman–Crippen MR) is 164 cm³/mol. The molecule has 2 fully saturated rings. The first kappa shape index (κ1) is 36.9. The normalized spacial score (nSPS) is 29.8. The fourth-order valence-electron chi connectivity index (χ4n) is 6.22. The standard InChI is InChI=1S/C34H46O12/c1-7-19(2)17-20(3)13-14-25(36)44-30-29(38)33(45-27(31(39)40)28(37)34(30,46-33)32(41)42)16-15-21(4)26(43-23(6)35)22(5)18-24-11-9-8-10-12-24/h8-14,19-20,22,26-30,37-38H,4,7,15-18H2,1-3,5-6H3,(H,39,40)(H,41,42)/b14-13+/t19?,20?,22?,26?,27-,28+,29+,30+,33-,34-/m0/s1. The molecule has 0 aliphatic carbocycles. The molecule has 2 saturated heterocycles. The van der Waals surface area contributed by atoms with Crippen LogP contribution in [0.25, 0.3) is 0 Å². The van der Waals surface area contributed by atoms with Crippen LogP contribution >= 0.6 is 0 Å². The van der Waals surface area contributed by atoms with Gasteiger partial charge in [0.15, 0.2) is 12.2 Å². The van der Waals surface area contributed by atoms with Crippen LogP contribution in [0, 0.1) is 17.8 Å². The van der Waals surface area contributed by atoms with Crippen molar-refractivity contribution in [1.29, 1.82) is 0 Å². The summed E-state index contributed by atoms with van der Waals surface area (Å²) < 4.78 is 22.4. The van der Waals surface area contributed by atoms with Gasteiger partial charge < -0.3 is 39.4 Å². The number of ether oxygens (including phenoxy) is 4. The van der Waals surface area contributed by atoms with Crippen LogP contribution in [0.4, 0.5) is 0 Å². The number of aliphatic carboxylic acids is 2. The number of hydrogen-bond donors (Lipinski definition) is 4. The summed E-state index contributed by atoms with van der Waals surface area (Å²) in [5.74, 6) is -7.36. The summed E-state index contributed by atoms with van der Waals surface area (Å²) in [6.07, 6.45) is -4.89. The number of hydrogen-bond acceptors (Lipinski definition) is 10. The van der Waals surface area contributed by atoms with Gasteiger partial charge in [-0.15, -0.1) is 0 Å². The van der Waals surface area contributed by atoms with Gasteiger partial charge in [-0.3, -0.25) is 4.79 Å². The number of rotatable bonds is 16. The van der Waals surface area contributed by atoms with E-state index in [4.69, 9.17) is 18.9 Å². The van der Waals surface area contributed by atoms with Crippen LogP contribution in [0.5, 0.6) is 0 Å². The predicted octanol–water partition coefficient (Wildman–Crippen LogP) is 3.43. The molecule has 2 heterocycles. The molecule has 4 unspecified atom stereocenters. The van der Waals surface area contributed by atoms with Gasteiger partial charge in [0.2, 0.25) is 11.4 Å². The molecule has 46 heavy (non-hydrogen) atoms. The second-order valence-electron chi connectivity index (χ2n) is 12.6. The number of aliphatic hydroxyl groups excluding tert-OH is 2. The average molecular weight is 647 g/mol. The molecule has 0 amide bonds. The van der Waals surface area contributed by atoms with E-state index in [2.05, 4.69) is 13.5 Å². The maximum atomic E-state index is 12.9. The van der Waals surface area contributed by atoms with Gasteiger partial charge in [-0.25, -0.2) is 14.4 Å². The van der Waals surface area contributed by atoms with Crippen LogP contribution in [-0.4, -0.2) is 86.2 Å². The Morgan fingerprint density at radius 1 is 1.07 bits per heavy atom. The lowest BCUT2D eigenvalue weighted by molar-refractivity contribution is -0.353. The van der Waals surface area contributed by atoms with Crippen LogP contribution in [0.2, 0.25) is 0 Å². The molecule has 2 bridgehead atoms. The maximum absolute atomic E-state index is 12.9. The van der Waals surface area contributed by atoms with E-state index in [0.717, 1.165) is 24.5 Å². The van der Waals surface area contributed by atoms with E-state index >= 15 is 0 Å². The minimum atomic E-state index is -2.87. The van der Waals surface area contributed by atoms with Crippen LogP contribution in [0.1, 0.15) is 65.9 Å². The number of fused-ring (bicyclic) bond motifs is 2. The van der Waals surface area contributed by atoms with Crippen molar-refractivity contribution in [3.05, 3.63) is 60.2 Å². The van der Waals surface area contributed by atoms with Gasteiger partial charge in [0.05, 0.1) is 0 Å². The SMILES string of the molecule is C=C(CC[C@]12O[C@H](C(=O)O)[C@@H](O)[C@](C(=O)O)(O1)[C@H](OC(=O)/C=C/C(C)CC(C)CC)[C@H]2O)C(OC(C)=O)C(C)Cc1ccccc1. The molecule has 2 aliphatic rings. The first-order valence-electron chi connectivity index (χ1n) is 15.6. The summed E-state index contributed by atoms with van der Waals surface area (Å²) in [4.78, 5) is 49.8. The zero-order valence-electron chi connectivity index (χ0n) is 27.0. The maximum Gasteiger partial charge on any atom is 0.343 e. The summed E-state index contributed by atoms with van der Waals surface area (Å²) in [7, 11) is 0. The van der Waals surface area contributed by atoms with Gasteiger partial charge in [-0.2, -0.15) is 0 Å². The molecule has 3 rings (SSSR count). The minimum absolute atomic E-state index is 0.0166. The summed E-state index contributed by atoms with van der Waals surface area (Å²) in [5.41, 5.74) is -1.52. The summed E-state index contributed by atoms with van der Waals surface area (Å²) in [5, 5.41) is 42.6. The van der Waals surface area contributed by atoms with E-state index in [1.807, 2.05) is 51.1 Å².